The lowest BCUT2D eigenvalue weighted by Crippen LogP contribution is -2.69. The van der Waals surface area contributed by atoms with E-state index < -0.39 is 23.4 Å². The Labute approximate surface area is 206 Å². The molecule has 4 aromatic heterocycles. The van der Waals surface area contributed by atoms with E-state index in [0.29, 0.717) is 23.3 Å². The van der Waals surface area contributed by atoms with E-state index >= 15 is 0 Å². The highest BCUT2D eigenvalue weighted by Crippen LogP contribution is 2.30. The van der Waals surface area contributed by atoms with Crippen molar-refractivity contribution in [1.29, 1.82) is 0 Å². The van der Waals surface area contributed by atoms with Gasteiger partial charge in [-0.05, 0) is 50.1 Å². The third kappa shape index (κ3) is 4.75. The summed E-state index contributed by atoms with van der Waals surface area (Å²) in [4.78, 5) is 23.6. The van der Waals surface area contributed by atoms with Crippen LogP contribution in [-0.2, 0) is 4.79 Å². The number of aromatic nitrogens is 6. The van der Waals surface area contributed by atoms with E-state index in [0.717, 1.165) is 23.0 Å². The molecule has 1 saturated heterocycles. The molecule has 1 atom stereocenters. The predicted octanol–water partition coefficient (Wildman–Crippen LogP) is 2.31. The number of carbonyl (C=O) groups excluding carboxylic acids is 1. The first-order chi connectivity index (χ1) is 17.2. The Morgan fingerprint density at radius 3 is 2.61 bits per heavy atom. The zero-order valence-corrected chi connectivity index (χ0v) is 20.0. The minimum Gasteiger partial charge on any atom is -0.377 e. The Morgan fingerprint density at radius 1 is 1.17 bits per heavy atom. The summed E-state index contributed by atoms with van der Waals surface area (Å²) in [6.45, 7) is 5.90. The number of aryl methyl sites for hydroxylation is 2. The molecular weight excluding hydrogens is 465 g/mol. The third-order valence-corrected chi connectivity index (χ3v) is 5.97. The van der Waals surface area contributed by atoms with Gasteiger partial charge in [0.15, 0.2) is 23.1 Å². The van der Waals surface area contributed by atoms with Gasteiger partial charge in [0.25, 0.3) is 5.91 Å². The Kier molecular flexibility index (Phi) is 5.88. The molecule has 12 heteroatoms. The van der Waals surface area contributed by atoms with Crippen molar-refractivity contribution in [2.75, 3.05) is 23.3 Å². The molecule has 0 aliphatic carbocycles. The van der Waals surface area contributed by atoms with Crippen molar-refractivity contribution < 1.29 is 14.3 Å². The molecule has 0 aromatic carbocycles. The Balaban J connectivity index is 1.20. The van der Waals surface area contributed by atoms with Gasteiger partial charge < -0.3 is 20.6 Å². The predicted molar refractivity (Wildman–Crippen MR) is 131 cm³/mol. The minimum absolute atomic E-state index is 0.116. The molecule has 0 radical (unpaired) electrons. The fraction of sp³-hybridized carbons (Fsp3) is 0.292. The number of amides is 1. The normalized spacial score (nSPS) is 15.3. The maximum Gasteiger partial charge on any atom is 0.256 e. The van der Waals surface area contributed by atoms with Crippen molar-refractivity contribution in [3.8, 4) is 5.82 Å². The molecule has 1 aliphatic rings. The average Bonchev–Trinajstić information content (AvgIpc) is 3.44. The summed E-state index contributed by atoms with van der Waals surface area (Å²) < 4.78 is 14.5. The van der Waals surface area contributed by atoms with Gasteiger partial charge >= 0.3 is 0 Å². The van der Waals surface area contributed by atoms with E-state index in [1.807, 2.05) is 36.9 Å². The minimum atomic E-state index is -1.54. The monoisotopic (exact) mass is 491 g/mol. The van der Waals surface area contributed by atoms with Crippen LogP contribution in [0.3, 0.4) is 0 Å². The Morgan fingerprint density at radius 2 is 1.97 bits per heavy atom. The van der Waals surface area contributed by atoms with Gasteiger partial charge in [-0.2, -0.15) is 10.2 Å². The summed E-state index contributed by atoms with van der Waals surface area (Å²) in [6.07, 6.45) is 3.92. The van der Waals surface area contributed by atoms with E-state index in [4.69, 9.17) is 0 Å². The average molecular weight is 492 g/mol. The van der Waals surface area contributed by atoms with Crippen molar-refractivity contribution in [2.45, 2.75) is 32.4 Å². The van der Waals surface area contributed by atoms with Gasteiger partial charge in [-0.15, -0.1) is 0 Å². The fourth-order valence-corrected chi connectivity index (χ4v) is 4.01. The van der Waals surface area contributed by atoms with Crippen LogP contribution in [0.25, 0.3) is 5.82 Å². The second kappa shape index (κ2) is 9.04. The number of H-pyrrole nitrogens is 1. The van der Waals surface area contributed by atoms with Crippen molar-refractivity contribution >= 4 is 23.4 Å². The number of carbonyl (C=O) groups is 1. The van der Waals surface area contributed by atoms with E-state index in [1.165, 1.54) is 10.9 Å². The number of aliphatic hydroxyl groups is 1. The zero-order chi connectivity index (χ0) is 25.4. The number of rotatable bonds is 7. The second-order valence-electron chi connectivity index (χ2n) is 9.08. The molecule has 36 heavy (non-hydrogen) atoms. The molecule has 186 valence electrons. The van der Waals surface area contributed by atoms with Gasteiger partial charge in [-0.1, -0.05) is 6.07 Å². The molecule has 0 saturated carbocycles. The number of hydrogen-bond donors (Lipinski definition) is 4. The first-order valence-corrected chi connectivity index (χ1v) is 11.4. The second-order valence-corrected chi connectivity index (χ2v) is 9.08. The highest BCUT2D eigenvalue weighted by atomic mass is 19.1. The van der Waals surface area contributed by atoms with Crippen LogP contribution in [-0.4, -0.2) is 59.7 Å². The van der Waals surface area contributed by atoms with E-state index in [1.54, 1.807) is 25.3 Å². The molecule has 0 spiro atoms. The maximum atomic E-state index is 13.2. The number of hydrogen-bond acceptors (Lipinski definition) is 8. The first-order valence-electron chi connectivity index (χ1n) is 11.4. The summed E-state index contributed by atoms with van der Waals surface area (Å²) in [5, 5.41) is 27.8. The summed E-state index contributed by atoms with van der Waals surface area (Å²) in [6, 6.07) is 8.74. The number of aromatic amines is 1. The molecule has 4 aromatic rings. The highest BCUT2D eigenvalue weighted by Gasteiger charge is 2.48. The van der Waals surface area contributed by atoms with Gasteiger partial charge in [0.05, 0.1) is 31.5 Å². The molecule has 0 bridgehead atoms. The van der Waals surface area contributed by atoms with Gasteiger partial charge in [0.1, 0.15) is 11.6 Å². The third-order valence-electron chi connectivity index (χ3n) is 5.97. The standard InChI is InChI=1S/C24H26FN9O2/c1-14-6-19(29-20-8-15(2)31-32-20)30-22(7-14)33-12-24(36,13-33)23(35)28-16(3)17-4-5-21(26-9-17)34-11-18(25)10-27-34/h4-11,16,36H,12-13H2,1-3H3,(H,28,35)(H2,29,30,31,32)/t16-/m0/s1. The molecule has 1 aliphatic heterocycles. The largest absolute Gasteiger partial charge is 0.377 e. The number of halogens is 1. The van der Waals surface area contributed by atoms with Gasteiger partial charge in [0, 0.05) is 18.0 Å². The molecule has 0 unspecified atom stereocenters. The summed E-state index contributed by atoms with van der Waals surface area (Å²) in [5.41, 5.74) is 1.12. The summed E-state index contributed by atoms with van der Waals surface area (Å²) >= 11 is 0. The van der Waals surface area contributed by atoms with E-state index in [9.17, 15) is 14.3 Å². The van der Waals surface area contributed by atoms with Crippen LogP contribution in [0.5, 0.6) is 0 Å². The van der Waals surface area contributed by atoms with Crippen LogP contribution in [0.4, 0.5) is 21.8 Å². The van der Waals surface area contributed by atoms with Crippen molar-refractivity contribution in [3.05, 3.63) is 71.6 Å². The van der Waals surface area contributed by atoms with Gasteiger partial charge in [-0.25, -0.2) is 19.0 Å². The quantitative estimate of drug-likeness (QED) is 0.309. The Bertz CT molecular complexity index is 1390. The Hall–Kier alpha value is -4.32. The van der Waals surface area contributed by atoms with Crippen molar-refractivity contribution in [1.82, 2.24) is 35.3 Å². The lowest BCUT2D eigenvalue weighted by Gasteiger charge is -2.46. The lowest BCUT2D eigenvalue weighted by molar-refractivity contribution is -0.143. The first kappa shape index (κ1) is 23.4. The molecule has 1 amide bonds. The highest BCUT2D eigenvalue weighted by molar-refractivity contribution is 5.89. The van der Waals surface area contributed by atoms with Crippen molar-refractivity contribution in [2.24, 2.45) is 0 Å². The van der Waals surface area contributed by atoms with Crippen LogP contribution in [0, 0.1) is 19.7 Å². The molecule has 5 rings (SSSR count). The van der Waals surface area contributed by atoms with Gasteiger partial charge in [-0.3, -0.25) is 9.89 Å². The smallest absolute Gasteiger partial charge is 0.256 e. The van der Waals surface area contributed by atoms with Crippen molar-refractivity contribution in [3.63, 3.8) is 0 Å². The number of β-amino-alcohol motifs (C(OH)–C–C–N with tert-alkyl or cyclic N) is 1. The van der Waals surface area contributed by atoms with Gasteiger partial charge in [0.2, 0.25) is 0 Å². The molecule has 4 N–H and O–H groups in total. The van der Waals surface area contributed by atoms with Crippen LogP contribution in [0.15, 0.2) is 48.9 Å². The summed E-state index contributed by atoms with van der Waals surface area (Å²) in [7, 11) is 0. The van der Waals surface area contributed by atoms with E-state index in [-0.39, 0.29) is 13.1 Å². The van der Waals surface area contributed by atoms with Crippen LogP contribution in [0.1, 0.15) is 29.8 Å². The van der Waals surface area contributed by atoms with Crippen LogP contribution >= 0.6 is 0 Å². The number of pyridine rings is 2. The zero-order valence-electron chi connectivity index (χ0n) is 20.0. The number of anilines is 3. The number of nitrogens with zero attached hydrogens (tertiary/aromatic N) is 6. The molecule has 11 nitrogen and oxygen atoms in total. The summed E-state index contributed by atoms with van der Waals surface area (Å²) in [5.74, 6) is 1.47. The SMILES string of the molecule is Cc1cc(Nc2cc(C)[nH]n2)nc(N2CC(O)(C(=O)N[C@@H](C)c3ccc(-n4cc(F)cn4)nc3)C2)c1. The van der Waals surface area contributed by atoms with Crippen LogP contribution < -0.4 is 15.5 Å². The van der Waals surface area contributed by atoms with E-state index in [2.05, 4.69) is 35.9 Å². The molecule has 5 heterocycles. The molecular formula is C24H26FN9O2. The maximum absolute atomic E-state index is 13.2. The van der Waals surface area contributed by atoms with Crippen LogP contribution in [0.2, 0.25) is 0 Å². The fourth-order valence-electron chi connectivity index (χ4n) is 4.01. The number of nitrogens with one attached hydrogen (secondary N) is 3. The lowest BCUT2D eigenvalue weighted by atomic mass is 9.92. The topological polar surface area (TPSA) is 137 Å². The molecule has 1 fully saturated rings.